The fraction of sp³-hybridized carbons (Fsp3) is 0.600. The number of benzene rings is 1. The maximum absolute atomic E-state index is 13.8. The first-order valence-corrected chi connectivity index (χ1v) is 9.08. The number of hydrogen-bond acceptors (Lipinski definition) is 3. The van der Waals surface area contributed by atoms with Gasteiger partial charge in [0.05, 0.1) is 18.4 Å². The van der Waals surface area contributed by atoms with E-state index in [2.05, 4.69) is 0 Å². The first kappa shape index (κ1) is 19.4. The molecule has 0 saturated heterocycles. The number of methoxy groups -OCH3 is 1. The molecule has 25 heavy (non-hydrogen) atoms. The van der Waals surface area contributed by atoms with Crippen LogP contribution in [0.4, 0.5) is 4.39 Å². The second kappa shape index (κ2) is 8.45. The summed E-state index contributed by atoms with van der Waals surface area (Å²) in [5.74, 6) is -1.03. The van der Waals surface area contributed by atoms with Crippen LogP contribution in [0.1, 0.15) is 51.5 Å². The third-order valence-corrected chi connectivity index (χ3v) is 5.26. The molecular formula is C20H28FNO3. The molecule has 0 bridgehead atoms. The molecule has 4 nitrogen and oxygen atoms in total. The van der Waals surface area contributed by atoms with Crippen molar-refractivity contribution in [1.29, 1.82) is 0 Å². The highest BCUT2D eigenvalue weighted by atomic mass is 19.1. The standard InChI is InChI=1S/C20H28FNO3/c1-4-22(14-15(2)18(23)25-3)19(24)20(11-6-5-7-12-20)16-9-8-10-17(21)13-16/h8-10,13,15H,4-7,11-12,14H2,1-3H3. The molecule has 1 saturated carbocycles. The van der Waals surface area contributed by atoms with Gasteiger partial charge < -0.3 is 9.64 Å². The SMILES string of the molecule is CCN(CC(C)C(=O)OC)C(=O)C1(c2cccc(F)c2)CCCCC1. The Bertz CT molecular complexity index is 611. The summed E-state index contributed by atoms with van der Waals surface area (Å²) in [7, 11) is 1.35. The number of rotatable bonds is 6. The Morgan fingerprint density at radius 2 is 1.96 bits per heavy atom. The van der Waals surface area contributed by atoms with Crippen molar-refractivity contribution in [2.24, 2.45) is 5.92 Å². The Balaban J connectivity index is 2.32. The van der Waals surface area contributed by atoms with Crippen molar-refractivity contribution >= 4 is 11.9 Å². The minimum absolute atomic E-state index is 0.00365. The number of likely N-dealkylation sites (N-methyl/N-ethyl adjacent to an activating group) is 1. The topological polar surface area (TPSA) is 46.6 Å². The van der Waals surface area contributed by atoms with Gasteiger partial charge in [-0.2, -0.15) is 0 Å². The molecule has 0 aliphatic heterocycles. The Morgan fingerprint density at radius 1 is 1.28 bits per heavy atom. The second-order valence-electron chi connectivity index (χ2n) is 6.92. The lowest BCUT2D eigenvalue weighted by Gasteiger charge is -2.40. The molecule has 0 heterocycles. The summed E-state index contributed by atoms with van der Waals surface area (Å²) in [5, 5.41) is 0. The Hall–Kier alpha value is -1.91. The minimum atomic E-state index is -0.688. The highest BCUT2D eigenvalue weighted by Gasteiger charge is 2.43. The smallest absolute Gasteiger partial charge is 0.310 e. The molecule has 1 aliphatic rings. The van der Waals surface area contributed by atoms with Gasteiger partial charge in [-0.15, -0.1) is 0 Å². The van der Waals surface area contributed by atoms with Gasteiger partial charge >= 0.3 is 5.97 Å². The molecule has 1 atom stereocenters. The molecule has 2 rings (SSSR count). The molecule has 0 spiro atoms. The van der Waals surface area contributed by atoms with Crippen molar-refractivity contribution in [3.05, 3.63) is 35.6 Å². The van der Waals surface area contributed by atoms with E-state index in [1.54, 1.807) is 17.9 Å². The number of carbonyl (C=O) groups is 2. The number of carbonyl (C=O) groups excluding carboxylic acids is 2. The second-order valence-corrected chi connectivity index (χ2v) is 6.92. The van der Waals surface area contributed by atoms with E-state index in [0.717, 1.165) is 37.7 Å². The monoisotopic (exact) mass is 349 g/mol. The molecular weight excluding hydrogens is 321 g/mol. The summed E-state index contributed by atoms with van der Waals surface area (Å²) in [6.07, 6.45) is 4.44. The first-order chi connectivity index (χ1) is 11.9. The zero-order valence-corrected chi connectivity index (χ0v) is 15.4. The van der Waals surface area contributed by atoms with Crippen molar-refractivity contribution in [2.75, 3.05) is 20.2 Å². The van der Waals surface area contributed by atoms with Crippen LogP contribution in [0.15, 0.2) is 24.3 Å². The van der Waals surface area contributed by atoms with Crippen LogP contribution >= 0.6 is 0 Å². The molecule has 1 fully saturated rings. The largest absolute Gasteiger partial charge is 0.469 e. The summed E-state index contributed by atoms with van der Waals surface area (Å²) in [6.45, 7) is 4.50. The summed E-state index contributed by atoms with van der Waals surface area (Å²) in [4.78, 5) is 26.9. The average molecular weight is 349 g/mol. The lowest BCUT2D eigenvalue weighted by Crippen LogP contribution is -2.50. The maximum Gasteiger partial charge on any atom is 0.310 e. The summed E-state index contributed by atoms with van der Waals surface area (Å²) >= 11 is 0. The van der Waals surface area contributed by atoms with Gasteiger partial charge in [-0.25, -0.2) is 4.39 Å². The van der Waals surface area contributed by atoms with E-state index >= 15 is 0 Å². The van der Waals surface area contributed by atoms with Gasteiger partial charge in [0.25, 0.3) is 0 Å². The fourth-order valence-electron chi connectivity index (χ4n) is 3.83. The van der Waals surface area contributed by atoms with E-state index in [4.69, 9.17) is 4.74 Å². The van der Waals surface area contributed by atoms with Gasteiger partial charge in [-0.05, 0) is 37.5 Å². The molecule has 5 heteroatoms. The summed E-state index contributed by atoms with van der Waals surface area (Å²) in [6, 6.07) is 6.41. The lowest BCUT2D eigenvalue weighted by molar-refractivity contribution is -0.147. The molecule has 0 aromatic heterocycles. The normalized spacial score (nSPS) is 17.6. The third-order valence-electron chi connectivity index (χ3n) is 5.26. The Kier molecular flexibility index (Phi) is 6.57. The van der Waals surface area contributed by atoms with Crippen LogP contribution in [-0.4, -0.2) is 37.0 Å². The highest BCUT2D eigenvalue weighted by Crippen LogP contribution is 2.41. The van der Waals surface area contributed by atoms with Crippen LogP contribution in [0.5, 0.6) is 0 Å². The predicted molar refractivity (Wildman–Crippen MR) is 94.6 cm³/mol. The third kappa shape index (κ3) is 4.20. The van der Waals surface area contributed by atoms with Crippen molar-refractivity contribution in [3.8, 4) is 0 Å². The Labute approximate surface area is 149 Å². The van der Waals surface area contributed by atoms with Crippen molar-refractivity contribution in [1.82, 2.24) is 4.90 Å². The number of halogens is 1. The van der Waals surface area contributed by atoms with E-state index in [1.165, 1.54) is 19.2 Å². The number of nitrogens with zero attached hydrogens (tertiary/aromatic N) is 1. The zero-order valence-electron chi connectivity index (χ0n) is 15.4. The fourth-order valence-corrected chi connectivity index (χ4v) is 3.83. The van der Waals surface area contributed by atoms with E-state index in [9.17, 15) is 14.0 Å². The lowest BCUT2D eigenvalue weighted by atomic mass is 9.68. The number of hydrogen-bond donors (Lipinski definition) is 0. The van der Waals surface area contributed by atoms with Gasteiger partial charge in [-0.3, -0.25) is 9.59 Å². The number of amides is 1. The number of esters is 1. The highest BCUT2D eigenvalue weighted by molar-refractivity contribution is 5.89. The quantitative estimate of drug-likeness (QED) is 0.736. The van der Waals surface area contributed by atoms with Gasteiger partial charge in [0.15, 0.2) is 0 Å². The van der Waals surface area contributed by atoms with Crippen LogP contribution in [0, 0.1) is 11.7 Å². The Morgan fingerprint density at radius 3 is 2.52 bits per heavy atom. The molecule has 0 radical (unpaired) electrons. The molecule has 1 amide bonds. The van der Waals surface area contributed by atoms with Crippen LogP contribution in [0.3, 0.4) is 0 Å². The minimum Gasteiger partial charge on any atom is -0.469 e. The molecule has 1 aliphatic carbocycles. The molecule has 1 aromatic carbocycles. The van der Waals surface area contributed by atoms with Crippen molar-refractivity contribution in [2.45, 2.75) is 51.4 Å². The maximum atomic E-state index is 13.8. The summed E-state index contributed by atoms with van der Waals surface area (Å²) in [5.41, 5.74) is 0.0630. The molecule has 1 unspecified atom stereocenters. The molecule has 138 valence electrons. The number of ether oxygens (including phenoxy) is 1. The van der Waals surface area contributed by atoms with E-state index in [1.807, 2.05) is 13.0 Å². The van der Waals surface area contributed by atoms with Gasteiger partial charge in [0.2, 0.25) is 5.91 Å². The van der Waals surface area contributed by atoms with Crippen molar-refractivity contribution < 1.29 is 18.7 Å². The van der Waals surface area contributed by atoms with E-state index < -0.39 is 5.41 Å². The molecule has 0 N–H and O–H groups in total. The van der Waals surface area contributed by atoms with Crippen LogP contribution in [-0.2, 0) is 19.7 Å². The van der Waals surface area contributed by atoms with E-state index in [0.29, 0.717) is 13.1 Å². The predicted octanol–water partition coefficient (Wildman–Crippen LogP) is 3.69. The first-order valence-electron chi connectivity index (χ1n) is 9.08. The molecule has 1 aromatic rings. The van der Waals surface area contributed by atoms with Gasteiger partial charge in [0, 0.05) is 13.1 Å². The van der Waals surface area contributed by atoms with Crippen LogP contribution < -0.4 is 0 Å². The van der Waals surface area contributed by atoms with Crippen LogP contribution in [0.2, 0.25) is 0 Å². The van der Waals surface area contributed by atoms with Crippen LogP contribution in [0.25, 0.3) is 0 Å². The zero-order chi connectivity index (χ0) is 18.4. The average Bonchev–Trinajstić information content (AvgIpc) is 2.65. The van der Waals surface area contributed by atoms with Gasteiger partial charge in [-0.1, -0.05) is 38.3 Å². The van der Waals surface area contributed by atoms with E-state index in [-0.39, 0.29) is 23.6 Å². The van der Waals surface area contributed by atoms with Gasteiger partial charge in [0.1, 0.15) is 5.82 Å². The van der Waals surface area contributed by atoms with Crippen molar-refractivity contribution in [3.63, 3.8) is 0 Å². The summed E-state index contributed by atoms with van der Waals surface area (Å²) < 4.78 is 18.6.